The third-order valence-electron chi connectivity index (χ3n) is 2.20. The number of allylic oxidation sites excluding steroid dienone is 1. The molecule has 1 aliphatic rings. The summed E-state index contributed by atoms with van der Waals surface area (Å²) in [5, 5.41) is 0. The lowest BCUT2D eigenvalue weighted by molar-refractivity contribution is 0.222. The number of methoxy groups -OCH3 is 1. The van der Waals surface area contributed by atoms with Crippen LogP contribution in [0.3, 0.4) is 0 Å². The average molecular weight is 140 g/mol. The Morgan fingerprint density at radius 3 is 3.00 bits per heavy atom. The lowest BCUT2D eigenvalue weighted by Crippen LogP contribution is -1.95. The van der Waals surface area contributed by atoms with Crippen molar-refractivity contribution in [2.75, 3.05) is 13.7 Å². The van der Waals surface area contributed by atoms with Gasteiger partial charge in [-0.2, -0.15) is 0 Å². The van der Waals surface area contributed by atoms with E-state index in [1.54, 1.807) is 7.11 Å². The molecule has 1 atom stereocenters. The fourth-order valence-electron chi connectivity index (χ4n) is 1.49. The average Bonchev–Trinajstić information content (AvgIpc) is 2.37. The standard InChI is InChI=1S/C9H16O/c1-3-8-4-5-9(6-8)7-10-2/h5,8H,3-4,6-7H2,1-2H3/t8-/m0/s1. The molecule has 0 bridgehead atoms. The third kappa shape index (κ3) is 1.84. The van der Waals surface area contributed by atoms with Gasteiger partial charge in [0.05, 0.1) is 6.61 Å². The normalized spacial score (nSPS) is 25.0. The molecule has 0 radical (unpaired) electrons. The van der Waals surface area contributed by atoms with Crippen LogP contribution in [0.4, 0.5) is 0 Å². The van der Waals surface area contributed by atoms with Crippen molar-refractivity contribution in [3.8, 4) is 0 Å². The van der Waals surface area contributed by atoms with Gasteiger partial charge in [-0.3, -0.25) is 0 Å². The highest BCUT2D eigenvalue weighted by molar-refractivity contribution is 5.10. The summed E-state index contributed by atoms with van der Waals surface area (Å²) >= 11 is 0. The van der Waals surface area contributed by atoms with Crippen LogP contribution in [0.2, 0.25) is 0 Å². The lowest BCUT2D eigenvalue weighted by Gasteiger charge is -2.04. The van der Waals surface area contributed by atoms with Crippen LogP contribution in [-0.4, -0.2) is 13.7 Å². The molecule has 1 heteroatoms. The molecular weight excluding hydrogens is 124 g/mol. The van der Waals surface area contributed by atoms with Gasteiger partial charge in [0, 0.05) is 7.11 Å². The summed E-state index contributed by atoms with van der Waals surface area (Å²) in [5.41, 5.74) is 1.49. The van der Waals surface area contributed by atoms with Crippen LogP contribution in [0.25, 0.3) is 0 Å². The maximum Gasteiger partial charge on any atom is 0.0673 e. The number of hydrogen-bond donors (Lipinski definition) is 0. The van der Waals surface area contributed by atoms with E-state index in [4.69, 9.17) is 4.74 Å². The van der Waals surface area contributed by atoms with Crippen LogP contribution in [0.1, 0.15) is 26.2 Å². The van der Waals surface area contributed by atoms with Crippen molar-refractivity contribution in [2.45, 2.75) is 26.2 Å². The first-order valence-corrected chi connectivity index (χ1v) is 4.03. The minimum Gasteiger partial charge on any atom is -0.380 e. The molecule has 0 saturated heterocycles. The highest BCUT2D eigenvalue weighted by Crippen LogP contribution is 2.26. The largest absolute Gasteiger partial charge is 0.380 e. The molecule has 1 rings (SSSR count). The molecule has 1 aliphatic carbocycles. The first-order chi connectivity index (χ1) is 4.86. The summed E-state index contributed by atoms with van der Waals surface area (Å²) in [6.07, 6.45) is 6.18. The first-order valence-electron chi connectivity index (χ1n) is 4.03. The number of hydrogen-bond acceptors (Lipinski definition) is 1. The first kappa shape index (κ1) is 7.80. The Morgan fingerprint density at radius 2 is 2.50 bits per heavy atom. The Labute approximate surface area is 63.1 Å². The van der Waals surface area contributed by atoms with Gasteiger partial charge in [0.2, 0.25) is 0 Å². The summed E-state index contributed by atoms with van der Waals surface area (Å²) in [7, 11) is 1.76. The second-order valence-electron chi connectivity index (χ2n) is 3.01. The highest BCUT2D eigenvalue weighted by atomic mass is 16.5. The van der Waals surface area contributed by atoms with Crippen molar-refractivity contribution >= 4 is 0 Å². The zero-order valence-corrected chi connectivity index (χ0v) is 6.89. The van der Waals surface area contributed by atoms with Gasteiger partial charge in [-0.1, -0.05) is 19.4 Å². The van der Waals surface area contributed by atoms with Crippen LogP contribution >= 0.6 is 0 Å². The minimum absolute atomic E-state index is 0.844. The quantitative estimate of drug-likeness (QED) is 0.547. The summed E-state index contributed by atoms with van der Waals surface area (Å²) in [5.74, 6) is 0.908. The van der Waals surface area contributed by atoms with E-state index in [0.717, 1.165) is 12.5 Å². The van der Waals surface area contributed by atoms with Gasteiger partial charge in [-0.15, -0.1) is 0 Å². The molecule has 0 fully saturated rings. The summed E-state index contributed by atoms with van der Waals surface area (Å²) < 4.78 is 5.05. The van der Waals surface area contributed by atoms with Crippen molar-refractivity contribution in [1.82, 2.24) is 0 Å². The molecule has 0 amide bonds. The van der Waals surface area contributed by atoms with Crippen molar-refractivity contribution in [3.63, 3.8) is 0 Å². The molecule has 0 aromatic heterocycles. The Morgan fingerprint density at radius 1 is 1.70 bits per heavy atom. The van der Waals surface area contributed by atoms with Crippen molar-refractivity contribution in [2.24, 2.45) is 5.92 Å². The Kier molecular flexibility index (Phi) is 2.94. The smallest absolute Gasteiger partial charge is 0.0673 e. The second-order valence-corrected chi connectivity index (χ2v) is 3.01. The van der Waals surface area contributed by atoms with Gasteiger partial charge in [0.15, 0.2) is 0 Å². The van der Waals surface area contributed by atoms with E-state index < -0.39 is 0 Å². The van der Waals surface area contributed by atoms with Crippen molar-refractivity contribution in [3.05, 3.63) is 11.6 Å². The van der Waals surface area contributed by atoms with E-state index in [0.29, 0.717) is 0 Å². The van der Waals surface area contributed by atoms with E-state index >= 15 is 0 Å². The molecule has 0 aliphatic heterocycles. The monoisotopic (exact) mass is 140 g/mol. The van der Waals surface area contributed by atoms with Crippen molar-refractivity contribution in [1.29, 1.82) is 0 Å². The zero-order valence-electron chi connectivity index (χ0n) is 6.89. The van der Waals surface area contributed by atoms with Crippen LogP contribution in [0.15, 0.2) is 11.6 Å². The fraction of sp³-hybridized carbons (Fsp3) is 0.778. The molecule has 0 aromatic rings. The Bertz CT molecular complexity index is 127. The Balaban J connectivity index is 2.25. The molecule has 0 heterocycles. The maximum atomic E-state index is 5.05. The van der Waals surface area contributed by atoms with Gasteiger partial charge in [0.25, 0.3) is 0 Å². The molecule has 0 saturated carbocycles. The molecule has 1 nitrogen and oxygen atoms in total. The molecule has 0 N–H and O–H groups in total. The van der Waals surface area contributed by atoms with Crippen LogP contribution < -0.4 is 0 Å². The SMILES string of the molecule is CC[C@H]1CC=C(COC)C1. The van der Waals surface area contributed by atoms with E-state index in [2.05, 4.69) is 13.0 Å². The zero-order chi connectivity index (χ0) is 7.40. The van der Waals surface area contributed by atoms with Crippen molar-refractivity contribution < 1.29 is 4.74 Å². The third-order valence-corrected chi connectivity index (χ3v) is 2.20. The number of rotatable bonds is 3. The Hall–Kier alpha value is -0.300. The van der Waals surface area contributed by atoms with Gasteiger partial charge < -0.3 is 4.74 Å². The molecule has 0 spiro atoms. The lowest BCUT2D eigenvalue weighted by atomic mass is 10.0. The van der Waals surface area contributed by atoms with E-state index in [1.807, 2.05) is 0 Å². The number of ether oxygens (including phenoxy) is 1. The van der Waals surface area contributed by atoms with Crippen LogP contribution in [-0.2, 0) is 4.74 Å². The van der Waals surface area contributed by atoms with Crippen LogP contribution in [0, 0.1) is 5.92 Å². The molecule has 58 valence electrons. The molecule has 0 unspecified atom stereocenters. The minimum atomic E-state index is 0.844. The topological polar surface area (TPSA) is 9.23 Å². The van der Waals surface area contributed by atoms with Gasteiger partial charge in [-0.05, 0) is 24.3 Å². The fourth-order valence-corrected chi connectivity index (χ4v) is 1.49. The summed E-state index contributed by atoms with van der Waals surface area (Å²) in [6, 6.07) is 0. The van der Waals surface area contributed by atoms with E-state index in [-0.39, 0.29) is 0 Å². The predicted octanol–water partition coefficient (Wildman–Crippen LogP) is 2.38. The van der Waals surface area contributed by atoms with E-state index in [9.17, 15) is 0 Å². The molecular formula is C9H16O. The predicted molar refractivity (Wildman–Crippen MR) is 43.0 cm³/mol. The van der Waals surface area contributed by atoms with Gasteiger partial charge in [0.1, 0.15) is 0 Å². The summed E-state index contributed by atoms with van der Waals surface area (Å²) in [6.45, 7) is 3.10. The van der Waals surface area contributed by atoms with Gasteiger partial charge in [-0.25, -0.2) is 0 Å². The maximum absolute atomic E-state index is 5.05. The molecule has 0 aromatic carbocycles. The van der Waals surface area contributed by atoms with Gasteiger partial charge >= 0.3 is 0 Å². The second kappa shape index (κ2) is 3.77. The summed E-state index contributed by atoms with van der Waals surface area (Å²) in [4.78, 5) is 0. The van der Waals surface area contributed by atoms with Crippen LogP contribution in [0.5, 0.6) is 0 Å². The van der Waals surface area contributed by atoms with E-state index in [1.165, 1.54) is 24.8 Å². The molecule has 10 heavy (non-hydrogen) atoms. The highest BCUT2D eigenvalue weighted by Gasteiger charge is 2.13.